The molecule has 2 aromatic carbocycles. The van der Waals surface area contributed by atoms with Crippen molar-refractivity contribution in [3.05, 3.63) is 71.8 Å². The molecule has 0 spiro atoms. The molecule has 33 heavy (non-hydrogen) atoms. The summed E-state index contributed by atoms with van der Waals surface area (Å²) in [7, 11) is 0. The Kier molecular flexibility index (Phi) is 6.02. The summed E-state index contributed by atoms with van der Waals surface area (Å²) in [6, 6.07) is 18.2. The number of hydrogen-bond donors (Lipinski definition) is 0. The van der Waals surface area contributed by atoms with Gasteiger partial charge in [0.2, 0.25) is 11.7 Å². The molecule has 0 N–H and O–H groups in total. The van der Waals surface area contributed by atoms with Crippen LogP contribution in [0.25, 0.3) is 0 Å². The minimum Gasteiger partial charge on any atom is -0.454 e. The minimum atomic E-state index is -0.698. The SMILES string of the molecule is O=C(C[N+]12CCC(CC1)[C@@H](OC(=O)C(c1ccccc1)N1CCCC1=O)C2)c1ccccc1. The molecule has 1 unspecified atom stereocenters. The Labute approximate surface area is 194 Å². The smallest absolute Gasteiger partial charge is 0.334 e. The van der Waals surface area contributed by atoms with Crippen LogP contribution in [0.3, 0.4) is 0 Å². The number of nitrogens with zero attached hydrogens (tertiary/aromatic N) is 2. The van der Waals surface area contributed by atoms with Crippen LogP contribution in [0.2, 0.25) is 0 Å². The summed E-state index contributed by atoms with van der Waals surface area (Å²) in [5.41, 5.74) is 1.53. The number of benzene rings is 2. The van der Waals surface area contributed by atoms with Gasteiger partial charge in [-0.2, -0.15) is 0 Å². The van der Waals surface area contributed by atoms with Gasteiger partial charge < -0.3 is 14.1 Å². The van der Waals surface area contributed by atoms with Crippen molar-refractivity contribution in [3.63, 3.8) is 0 Å². The first-order valence-corrected chi connectivity index (χ1v) is 12.0. The maximum Gasteiger partial charge on any atom is 0.334 e. The van der Waals surface area contributed by atoms with E-state index in [9.17, 15) is 14.4 Å². The molecule has 6 rings (SSSR count). The number of Topliss-reactive ketones (excluding diaryl/α,β-unsaturated/α-hetero) is 1. The minimum absolute atomic E-state index is 0.00618. The van der Waals surface area contributed by atoms with E-state index in [-0.39, 0.29) is 23.8 Å². The van der Waals surface area contributed by atoms with Crippen LogP contribution in [-0.4, -0.2) is 65.9 Å². The molecule has 2 atom stereocenters. The topological polar surface area (TPSA) is 63.7 Å². The number of fused-ring (bicyclic) bond motifs is 3. The van der Waals surface area contributed by atoms with E-state index in [0.29, 0.717) is 36.5 Å². The molecule has 4 saturated heterocycles. The highest BCUT2D eigenvalue weighted by Gasteiger charge is 2.49. The molecule has 2 bridgehead atoms. The molecule has 6 heteroatoms. The first-order chi connectivity index (χ1) is 16.0. The summed E-state index contributed by atoms with van der Waals surface area (Å²) in [5, 5.41) is 0. The summed E-state index contributed by atoms with van der Waals surface area (Å²) in [5.74, 6) is 0.131. The molecule has 4 aliphatic heterocycles. The van der Waals surface area contributed by atoms with Crippen molar-refractivity contribution in [1.29, 1.82) is 0 Å². The van der Waals surface area contributed by atoms with Gasteiger partial charge in [0, 0.05) is 37.3 Å². The van der Waals surface area contributed by atoms with E-state index >= 15 is 0 Å². The van der Waals surface area contributed by atoms with Gasteiger partial charge >= 0.3 is 5.97 Å². The molecule has 1 amide bonds. The third kappa shape index (κ3) is 4.44. The van der Waals surface area contributed by atoms with E-state index in [1.165, 1.54) is 0 Å². The zero-order valence-corrected chi connectivity index (χ0v) is 18.9. The lowest BCUT2D eigenvalue weighted by molar-refractivity contribution is -0.938. The van der Waals surface area contributed by atoms with Crippen molar-refractivity contribution in [2.45, 2.75) is 37.8 Å². The van der Waals surface area contributed by atoms with Crippen LogP contribution >= 0.6 is 0 Å². The van der Waals surface area contributed by atoms with Gasteiger partial charge in [-0.05, 0) is 12.0 Å². The number of hydrogen-bond acceptors (Lipinski definition) is 4. The zero-order valence-electron chi connectivity index (χ0n) is 18.9. The van der Waals surface area contributed by atoms with E-state index < -0.39 is 6.04 Å². The number of quaternary nitrogens is 1. The Hall–Kier alpha value is -2.99. The van der Waals surface area contributed by atoms with Crippen molar-refractivity contribution < 1.29 is 23.6 Å². The van der Waals surface area contributed by atoms with Gasteiger partial charge in [0.15, 0.2) is 12.1 Å². The molecule has 0 saturated carbocycles. The fraction of sp³-hybridized carbons (Fsp3) is 0.444. The number of likely N-dealkylation sites (tertiary alicyclic amines) is 1. The predicted octanol–water partition coefficient (Wildman–Crippen LogP) is 3.39. The highest BCUT2D eigenvalue weighted by molar-refractivity contribution is 5.97. The van der Waals surface area contributed by atoms with Gasteiger partial charge in [0.25, 0.3) is 0 Å². The van der Waals surface area contributed by atoms with Gasteiger partial charge in [-0.15, -0.1) is 0 Å². The molecule has 6 nitrogen and oxygen atoms in total. The van der Waals surface area contributed by atoms with Crippen molar-refractivity contribution in [3.8, 4) is 0 Å². The monoisotopic (exact) mass is 447 g/mol. The molecule has 4 heterocycles. The van der Waals surface area contributed by atoms with E-state index in [2.05, 4.69) is 0 Å². The lowest BCUT2D eigenvalue weighted by Crippen LogP contribution is -2.66. The Morgan fingerprint density at radius 2 is 1.67 bits per heavy atom. The average Bonchev–Trinajstić information content (AvgIpc) is 3.26. The number of carbonyl (C=O) groups excluding carboxylic acids is 3. The maximum atomic E-state index is 13.5. The van der Waals surface area contributed by atoms with E-state index in [1.807, 2.05) is 60.7 Å². The summed E-state index contributed by atoms with van der Waals surface area (Å²) in [4.78, 5) is 40.6. The number of esters is 1. The lowest BCUT2D eigenvalue weighted by Gasteiger charge is -2.51. The van der Waals surface area contributed by atoms with Gasteiger partial charge in [-0.3, -0.25) is 9.59 Å². The Balaban J connectivity index is 1.32. The van der Waals surface area contributed by atoms with E-state index in [1.54, 1.807) is 4.90 Å². The highest BCUT2D eigenvalue weighted by Crippen LogP contribution is 2.37. The van der Waals surface area contributed by atoms with Crippen molar-refractivity contribution in [2.75, 3.05) is 32.7 Å². The number of ether oxygens (including phenoxy) is 1. The van der Waals surface area contributed by atoms with Crippen LogP contribution in [0.1, 0.15) is 47.6 Å². The molecule has 2 aromatic rings. The van der Waals surface area contributed by atoms with Crippen LogP contribution in [0.5, 0.6) is 0 Å². The number of amides is 1. The Morgan fingerprint density at radius 1 is 1.00 bits per heavy atom. The second-order valence-corrected chi connectivity index (χ2v) is 9.74. The van der Waals surface area contributed by atoms with Crippen molar-refractivity contribution in [1.82, 2.24) is 4.90 Å². The molecule has 4 fully saturated rings. The average molecular weight is 448 g/mol. The molecule has 0 aromatic heterocycles. The van der Waals surface area contributed by atoms with E-state index in [0.717, 1.165) is 43.5 Å². The Morgan fingerprint density at radius 3 is 2.30 bits per heavy atom. The fourth-order valence-corrected chi connectivity index (χ4v) is 5.83. The second kappa shape index (κ2) is 9.10. The van der Waals surface area contributed by atoms with E-state index in [4.69, 9.17) is 4.74 Å². The molecular formula is C27H31N2O4+. The Bertz CT molecular complexity index is 1010. The largest absolute Gasteiger partial charge is 0.454 e. The van der Waals surface area contributed by atoms with Crippen molar-refractivity contribution >= 4 is 17.7 Å². The molecule has 4 aliphatic rings. The maximum absolute atomic E-state index is 13.5. The third-order valence-electron chi connectivity index (χ3n) is 7.64. The molecule has 172 valence electrons. The van der Waals surface area contributed by atoms with Gasteiger partial charge in [-0.1, -0.05) is 60.7 Å². The highest BCUT2D eigenvalue weighted by atomic mass is 16.5. The number of ketones is 1. The predicted molar refractivity (Wildman–Crippen MR) is 123 cm³/mol. The second-order valence-electron chi connectivity index (χ2n) is 9.74. The quantitative estimate of drug-likeness (QED) is 0.371. The van der Waals surface area contributed by atoms with Crippen LogP contribution in [0, 0.1) is 5.92 Å². The molecular weight excluding hydrogens is 416 g/mol. The number of piperidine rings is 3. The van der Waals surface area contributed by atoms with Gasteiger partial charge in [0.05, 0.1) is 13.1 Å². The zero-order chi connectivity index (χ0) is 22.8. The van der Waals surface area contributed by atoms with Crippen LogP contribution in [0.4, 0.5) is 0 Å². The molecule has 0 aliphatic carbocycles. The first kappa shape index (κ1) is 21.8. The van der Waals surface area contributed by atoms with Gasteiger partial charge in [0.1, 0.15) is 13.1 Å². The standard InChI is InChI=1S/C27H31N2O4/c30-23(20-8-3-1-4-9-20)18-29-16-13-21(14-17-29)24(19-29)33-27(32)26(22-10-5-2-6-11-22)28-15-7-12-25(28)31/h1-6,8-11,21,24,26H,7,12-19H2/q+1/t21?,24-,26?,29?/m0/s1. The first-order valence-electron chi connectivity index (χ1n) is 12.0. The van der Waals surface area contributed by atoms with Crippen LogP contribution < -0.4 is 0 Å². The summed E-state index contributed by atoms with van der Waals surface area (Å²) < 4.78 is 6.84. The van der Waals surface area contributed by atoms with Gasteiger partial charge in [-0.25, -0.2) is 4.79 Å². The fourth-order valence-electron chi connectivity index (χ4n) is 5.83. The van der Waals surface area contributed by atoms with Crippen LogP contribution in [-0.2, 0) is 14.3 Å². The normalized spacial score (nSPS) is 27.4. The number of rotatable bonds is 7. The molecule has 0 radical (unpaired) electrons. The number of carbonyl (C=O) groups is 3. The summed E-state index contributed by atoms with van der Waals surface area (Å²) in [6.45, 7) is 3.59. The lowest BCUT2D eigenvalue weighted by atomic mass is 9.82. The summed E-state index contributed by atoms with van der Waals surface area (Å²) in [6.07, 6.45) is 2.94. The van der Waals surface area contributed by atoms with Crippen LogP contribution in [0.15, 0.2) is 60.7 Å². The third-order valence-corrected chi connectivity index (χ3v) is 7.64. The van der Waals surface area contributed by atoms with Crippen molar-refractivity contribution in [2.24, 2.45) is 5.92 Å². The summed E-state index contributed by atoms with van der Waals surface area (Å²) >= 11 is 0.